The highest BCUT2D eigenvalue weighted by Gasteiger charge is 2.21. The number of rotatable bonds is 6. The fraction of sp³-hybridized carbons (Fsp3) is 0.529. The largest absolute Gasteiger partial charge is 0.490 e. The summed E-state index contributed by atoms with van der Waals surface area (Å²) in [4.78, 5) is 2.43. The van der Waals surface area contributed by atoms with Crippen molar-refractivity contribution in [2.24, 2.45) is 0 Å². The molecule has 1 aromatic rings. The van der Waals surface area contributed by atoms with E-state index in [2.05, 4.69) is 42.9 Å². The summed E-state index contributed by atoms with van der Waals surface area (Å²) < 4.78 is 5.49. The molecular weight excluding hydrogens is 248 g/mol. The third kappa shape index (κ3) is 4.36. The average Bonchev–Trinajstić information content (AvgIpc) is 2.47. The molecule has 3 heteroatoms. The first-order chi connectivity index (χ1) is 9.69. The summed E-state index contributed by atoms with van der Waals surface area (Å²) >= 11 is 0. The van der Waals surface area contributed by atoms with E-state index < -0.39 is 0 Å². The van der Waals surface area contributed by atoms with E-state index in [0.717, 1.165) is 12.3 Å². The van der Waals surface area contributed by atoms with Crippen LogP contribution in [0.4, 0.5) is 0 Å². The van der Waals surface area contributed by atoms with Crippen LogP contribution in [-0.2, 0) is 6.54 Å². The standard InChI is InChI=1S/C17H26N2O/c1-4-11-20-17-7-5-15(6-8-17)13-18-16-9-10-19(3)14(2)12-16/h4-8,14,16,18H,1,9-13H2,2-3H3. The molecule has 0 spiro atoms. The third-order valence-corrected chi connectivity index (χ3v) is 4.09. The van der Waals surface area contributed by atoms with E-state index in [0.29, 0.717) is 18.7 Å². The van der Waals surface area contributed by atoms with Gasteiger partial charge in [0.25, 0.3) is 0 Å². The molecule has 1 fully saturated rings. The number of hydrogen-bond donors (Lipinski definition) is 1. The molecule has 2 atom stereocenters. The Hall–Kier alpha value is -1.32. The smallest absolute Gasteiger partial charge is 0.119 e. The molecule has 0 saturated carbocycles. The number of nitrogens with zero attached hydrogens (tertiary/aromatic N) is 1. The van der Waals surface area contributed by atoms with Crippen molar-refractivity contribution in [3.63, 3.8) is 0 Å². The van der Waals surface area contributed by atoms with Crippen LogP contribution < -0.4 is 10.1 Å². The Morgan fingerprint density at radius 1 is 1.40 bits per heavy atom. The monoisotopic (exact) mass is 274 g/mol. The molecule has 0 radical (unpaired) electrons. The molecule has 0 amide bonds. The quantitative estimate of drug-likeness (QED) is 0.807. The molecule has 20 heavy (non-hydrogen) atoms. The topological polar surface area (TPSA) is 24.5 Å². The van der Waals surface area contributed by atoms with Gasteiger partial charge in [0.05, 0.1) is 0 Å². The van der Waals surface area contributed by atoms with Gasteiger partial charge in [-0.05, 0) is 51.1 Å². The Kier molecular flexibility index (Phi) is 5.62. The van der Waals surface area contributed by atoms with Gasteiger partial charge in [-0.3, -0.25) is 0 Å². The third-order valence-electron chi connectivity index (χ3n) is 4.09. The van der Waals surface area contributed by atoms with E-state index >= 15 is 0 Å². The van der Waals surface area contributed by atoms with Crippen LogP contribution in [0, 0.1) is 0 Å². The minimum atomic E-state index is 0.561. The van der Waals surface area contributed by atoms with Gasteiger partial charge in [-0.15, -0.1) is 0 Å². The zero-order valence-electron chi connectivity index (χ0n) is 12.6. The van der Waals surface area contributed by atoms with E-state index in [1.807, 2.05) is 12.1 Å². The lowest BCUT2D eigenvalue weighted by Gasteiger charge is -2.35. The number of nitrogens with one attached hydrogen (secondary N) is 1. The first-order valence-electron chi connectivity index (χ1n) is 7.45. The molecular formula is C17H26N2O. The molecule has 0 aromatic heterocycles. The Morgan fingerprint density at radius 2 is 2.15 bits per heavy atom. The molecule has 110 valence electrons. The van der Waals surface area contributed by atoms with Gasteiger partial charge in [0.1, 0.15) is 12.4 Å². The summed E-state index contributed by atoms with van der Waals surface area (Å²) in [6.45, 7) is 8.63. The molecule has 1 N–H and O–H groups in total. The number of hydrogen-bond acceptors (Lipinski definition) is 3. The summed E-state index contributed by atoms with van der Waals surface area (Å²) in [7, 11) is 2.21. The fourth-order valence-corrected chi connectivity index (χ4v) is 2.60. The first-order valence-corrected chi connectivity index (χ1v) is 7.45. The summed E-state index contributed by atoms with van der Waals surface area (Å²) in [5.74, 6) is 0.904. The lowest BCUT2D eigenvalue weighted by atomic mass is 9.99. The molecule has 1 aliphatic rings. The van der Waals surface area contributed by atoms with Crippen LogP contribution in [0.1, 0.15) is 25.3 Å². The maximum atomic E-state index is 5.49. The Morgan fingerprint density at radius 3 is 2.80 bits per heavy atom. The summed E-state index contributed by atoms with van der Waals surface area (Å²) in [6, 6.07) is 9.62. The molecule has 2 unspecified atom stereocenters. The summed E-state index contributed by atoms with van der Waals surface area (Å²) in [5, 5.41) is 3.67. The van der Waals surface area contributed by atoms with E-state index in [1.54, 1.807) is 6.08 Å². The predicted molar refractivity (Wildman–Crippen MR) is 84.1 cm³/mol. The molecule has 0 bridgehead atoms. The van der Waals surface area contributed by atoms with Crippen molar-refractivity contribution < 1.29 is 4.74 Å². The molecule has 1 heterocycles. The highest BCUT2D eigenvalue weighted by Crippen LogP contribution is 2.16. The SMILES string of the molecule is C=CCOc1ccc(CNC2CCN(C)C(C)C2)cc1. The van der Waals surface area contributed by atoms with Gasteiger partial charge in [-0.1, -0.05) is 24.8 Å². The van der Waals surface area contributed by atoms with E-state index in [-0.39, 0.29) is 0 Å². The van der Waals surface area contributed by atoms with Gasteiger partial charge in [-0.25, -0.2) is 0 Å². The van der Waals surface area contributed by atoms with Gasteiger partial charge in [0.15, 0.2) is 0 Å². The lowest BCUT2D eigenvalue weighted by molar-refractivity contribution is 0.168. The van der Waals surface area contributed by atoms with Crippen molar-refractivity contribution >= 4 is 0 Å². The van der Waals surface area contributed by atoms with Crippen molar-refractivity contribution in [1.29, 1.82) is 0 Å². The lowest BCUT2D eigenvalue weighted by Crippen LogP contribution is -2.45. The Balaban J connectivity index is 1.77. The van der Waals surface area contributed by atoms with Crippen LogP contribution in [0.5, 0.6) is 5.75 Å². The molecule has 3 nitrogen and oxygen atoms in total. The fourth-order valence-electron chi connectivity index (χ4n) is 2.60. The molecule has 1 aliphatic heterocycles. The molecule has 1 aromatic carbocycles. The van der Waals surface area contributed by atoms with E-state index in [9.17, 15) is 0 Å². The van der Waals surface area contributed by atoms with Gasteiger partial charge in [-0.2, -0.15) is 0 Å². The van der Waals surface area contributed by atoms with Crippen LogP contribution in [-0.4, -0.2) is 37.2 Å². The van der Waals surface area contributed by atoms with E-state index in [4.69, 9.17) is 4.74 Å². The average molecular weight is 274 g/mol. The van der Waals surface area contributed by atoms with Crippen molar-refractivity contribution in [3.8, 4) is 5.75 Å². The second-order valence-corrected chi connectivity index (χ2v) is 5.68. The van der Waals surface area contributed by atoms with Gasteiger partial charge in [0, 0.05) is 18.6 Å². The van der Waals surface area contributed by atoms with E-state index in [1.165, 1.54) is 24.9 Å². The summed E-state index contributed by atoms with van der Waals surface area (Å²) in [5.41, 5.74) is 1.31. The number of ether oxygens (including phenoxy) is 1. The number of benzene rings is 1. The maximum Gasteiger partial charge on any atom is 0.119 e. The second-order valence-electron chi connectivity index (χ2n) is 5.68. The van der Waals surface area contributed by atoms with Crippen molar-refractivity contribution in [2.75, 3.05) is 20.2 Å². The predicted octanol–water partition coefficient (Wildman–Crippen LogP) is 2.82. The van der Waals surface area contributed by atoms with Crippen LogP contribution in [0.3, 0.4) is 0 Å². The van der Waals surface area contributed by atoms with Gasteiger partial charge >= 0.3 is 0 Å². The second kappa shape index (κ2) is 7.46. The zero-order valence-corrected chi connectivity index (χ0v) is 12.6. The van der Waals surface area contributed by atoms with Crippen molar-refractivity contribution in [1.82, 2.24) is 10.2 Å². The van der Waals surface area contributed by atoms with Crippen molar-refractivity contribution in [3.05, 3.63) is 42.5 Å². The maximum absolute atomic E-state index is 5.49. The minimum absolute atomic E-state index is 0.561. The Labute approximate surface area is 122 Å². The molecule has 2 rings (SSSR count). The van der Waals surface area contributed by atoms with Gasteiger partial charge < -0.3 is 15.0 Å². The number of likely N-dealkylation sites (tertiary alicyclic amines) is 1. The molecule has 0 aliphatic carbocycles. The van der Waals surface area contributed by atoms with Crippen molar-refractivity contribution in [2.45, 2.75) is 38.4 Å². The highest BCUT2D eigenvalue weighted by atomic mass is 16.5. The zero-order chi connectivity index (χ0) is 14.4. The first kappa shape index (κ1) is 15.1. The van der Waals surface area contributed by atoms with Crippen LogP contribution in [0.2, 0.25) is 0 Å². The normalized spacial score (nSPS) is 23.5. The summed E-state index contributed by atoms with van der Waals surface area (Å²) in [6.07, 6.45) is 4.23. The van der Waals surface area contributed by atoms with Crippen LogP contribution >= 0.6 is 0 Å². The Bertz CT molecular complexity index is 416. The minimum Gasteiger partial charge on any atom is -0.490 e. The van der Waals surface area contributed by atoms with Crippen LogP contribution in [0.15, 0.2) is 36.9 Å². The molecule has 1 saturated heterocycles. The van der Waals surface area contributed by atoms with Gasteiger partial charge in [0.2, 0.25) is 0 Å². The highest BCUT2D eigenvalue weighted by molar-refractivity contribution is 5.27. The number of piperidine rings is 1. The van der Waals surface area contributed by atoms with Crippen LogP contribution in [0.25, 0.3) is 0 Å².